The van der Waals surface area contributed by atoms with Crippen molar-refractivity contribution in [3.63, 3.8) is 0 Å². The summed E-state index contributed by atoms with van der Waals surface area (Å²) in [6, 6.07) is 13.2. The van der Waals surface area contributed by atoms with E-state index in [0.717, 1.165) is 23.9 Å². The van der Waals surface area contributed by atoms with Gasteiger partial charge in [0.15, 0.2) is 0 Å². The van der Waals surface area contributed by atoms with E-state index in [9.17, 15) is 0 Å². The topological polar surface area (TPSA) is 28.2 Å². The molecular weight excluding hydrogens is 234 g/mol. The molecule has 0 bridgehead atoms. The molecule has 1 aliphatic heterocycles. The van der Waals surface area contributed by atoms with E-state index >= 15 is 0 Å². The molecule has 1 aromatic carbocycles. The van der Waals surface area contributed by atoms with E-state index in [-0.39, 0.29) is 0 Å². The van der Waals surface area contributed by atoms with Crippen molar-refractivity contribution in [2.24, 2.45) is 0 Å². The molecule has 2 aromatic rings. The standard InChI is InChI=1S/C16H21N3/c1-19-12-4-6-14(19)10-11-17-16-9-8-13-5-2-3-7-15(13)18-16/h2-3,5,7-9,14H,4,6,10-12H2,1H3,(H,17,18). The fraction of sp³-hybridized carbons (Fsp3) is 0.438. The molecule has 1 fully saturated rings. The van der Waals surface area contributed by atoms with E-state index in [1.807, 2.05) is 12.1 Å². The van der Waals surface area contributed by atoms with Crippen LogP contribution in [-0.4, -0.2) is 36.1 Å². The van der Waals surface area contributed by atoms with Gasteiger partial charge in [0.05, 0.1) is 5.52 Å². The molecule has 1 aromatic heterocycles. The van der Waals surface area contributed by atoms with Gasteiger partial charge in [0.25, 0.3) is 0 Å². The quantitative estimate of drug-likeness (QED) is 0.909. The number of nitrogens with one attached hydrogen (secondary N) is 1. The second-order valence-corrected chi connectivity index (χ2v) is 5.38. The highest BCUT2D eigenvalue weighted by Crippen LogP contribution is 2.18. The third kappa shape index (κ3) is 2.87. The van der Waals surface area contributed by atoms with Crippen molar-refractivity contribution in [3.8, 4) is 0 Å². The van der Waals surface area contributed by atoms with Gasteiger partial charge >= 0.3 is 0 Å². The fourth-order valence-electron chi connectivity index (χ4n) is 2.88. The minimum atomic E-state index is 0.743. The van der Waals surface area contributed by atoms with Crippen molar-refractivity contribution in [3.05, 3.63) is 36.4 Å². The molecule has 0 saturated carbocycles. The Labute approximate surface area is 114 Å². The Kier molecular flexibility index (Phi) is 3.65. The van der Waals surface area contributed by atoms with Crippen LogP contribution in [-0.2, 0) is 0 Å². The van der Waals surface area contributed by atoms with Crippen LogP contribution in [0.5, 0.6) is 0 Å². The molecule has 1 atom stereocenters. The number of benzene rings is 1. The van der Waals surface area contributed by atoms with Crippen molar-refractivity contribution in [2.75, 3.05) is 25.5 Å². The molecule has 3 rings (SSSR count). The van der Waals surface area contributed by atoms with Crippen LogP contribution < -0.4 is 5.32 Å². The van der Waals surface area contributed by atoms with Crippen LogP contribution in [0.25, 0.3) is 10.9 Å². The fourth-order valence-corrected chi connectivity index (χ4v) is 2.88. The third-order valence-corrected chi connectivity index (χ3v) is 4.05. The van der Waals surface area contributed by atoms with Gasteiger partial charge in [-0.25, -0.2) is 4.98 Å². The maximum Gasteiger partial charge on any atom is 0.126 e. The maximum atomic E-state index is 4.63. The highest BCUT2D eigenvalue weighted by atomic mass is 15.1. The highest BCUT2D eigenvalue weighted by Gasteiger charge is 2.19. The molecule has 19 heavy (non-hydrogen) atoms. The number of fused-ring (bicyclic) bond motifs is 1. The Hall–Kier alpha value is -1.61. The molecule has 0 radical (unpaired) electrons. The van der Waals surface area contributed by atoms with Gasteiger partial charge < -0.3 is 10.2 Å². The summed E-state index contributed by atoms with van der Waals surface area (Å²) in [6.45, 7) is 2.25. The molecule has 100 valence electrons. The van der Waals surface area contributed by atoms with E-state index in [0.29, 0.717) is 0 Å². The van der Waals surface area contributed by atoms with Crippen LogP contribution in [0.1, 0.15) is 19.3 Å². The zero-order valence-electron chi connectivity index (χ0n) is 11.5. The number of hydrogen-bond donors (Lipinski definition) is 1. The maximum absolute atomic E-state index is 4.63. The van der Waals surface area contributed by atoms with E-state index in [2.05, 4.69) is 46.5 Å². The number of pyridine rings is 1. The average Bonchev–Trinajstić information content (AvgIpc) is 2.84. The number of anilines is 1. The van der Waals surface area contributed by atoms with Crippen molar-refractivity contribution in [1.82, 2.24) is 9.88 Å². The Balaban J connectivity index is 1.59. The normalized spacial score (nSPS) is 19.9. The molecule has 1 aliphatic rings. The predicted molar refractivity (Wildman–Crippen MR) is 80.5 cm³/mol. The summed E-state index contributed by atoms with van der Waals surface area (Å²) in [7, 11) is 2.23. The number of rotatable bonds is 4. The second kappa shape index (κ2) is 5.57. The smallest absolute Gasteiger partial charge is 0.126 e. The number of likely N-dealkylation sites (tertiary alicyclic amines) is 1. The van der Waals surface area contributed by atoms with Crippen LogP contribution >= 0.6 is 0 Å². The van der Waals surface area contributed by atoms with E-state index in [4.69, 9.17) is 0 Å². The van der Waals surface area contributed by atoms with Crippen LogP contribution in [0.4, 0.5) is 5.82 Å². The molecular formula is C16H21N3. The zero-order chi connectivity index (χ0) is 13.1. The lowest BCUT2D eigenvalue weighted by molar-refractivity contribution is 0.301. The third-order valence-electron chi connectivity index (χ3n) is 4.05. The first-order chi connectivity index (χ1) is 9.33. The van der Waals surface area contributed by atoms with Crippen LogP contribution in [0.3, 0.4) is 0 Å². The Morgan fingerprint density at radius 2 is 2.16 bits per heavy atom. The molecule has 1 unspecified atom stereocenters. The van der Waals surface area contributed by atoms with Crippen molar-refractivity contribution < 1.29 is 0 Å². The number of para-hydroxylation sites is 1. The predicted octanol–water partition coefficient (Wildman–Crippen LogP) is 3.13. The van der Waals surface area contributed by atoms with Gasteiger partial charge in [-0.1, -0.05) is 18.2 Å². The monoisotopic (exact) mass is 255 g/mol. The van der Waals surface area contributed by atoms with Crippen LogP contribution in [0.15, 0.2) is 36.4 Å². The van der Waals surface area contributed by atoms with Gasteiger partial charge in [-0.2, -0.15) is 0 Å². The number of hydrogen-bond acceptors (Lipinski definition) is 3. The molecule has 3 nitrogen and oxygen atoms in total. The molecule has 0 aliphatic carbocycles. The molecule has 0 amide bonds. The first-order valence-corrected chi connectivity index (χ1v) is 7.13. The second-order valence-electron chi connectivity index (χ2n) is 5.38. The van der Waals surface area contributed by atoms with E-state index in [1.165, 1.54) is 31.2 Å². The SMILES string of the molecule is CN1CCCC1CCNc1ccc2ccccc2n1. The van der Waals surface area contributed by atoms with Crippen molar-refractivity contribution in [2.45, 2.75) is 25.3 Å². The minimum absolute atomic E-state index is 0.743. The Morgan fingerprint density at radius 1 is 1.26 bits per heavy atom. The summed E-state index contributed by atoms with van der Waals surface area (Å²) in [5.74, 6) is 0.986. The molecule has 3 heteroatoms. The van der Waals surface area contributed by atoms with Gasteiger partial charge in [-0.15, -0.1) is 0 Å². The van der Waals surface area contributed by atoms with E-state index in [1.54, 1.807) is 0 Å². The minimum Gasteiger partial charge on any atom is -0.370 e. The Morgan fingerprint density at radius 3 is 3.00 bits per heavy atom. The first kappa shape index (κ1) is 12.4. The molecule has 2 heterocycles. The lowest BCUT2D eigenvalue weighted by atomic mass is 10.1. The zero-order valence-corrected chi connectivity index (χ0v) is 11.5. The van der Waals surface area contributed by atoms with Crippen LogP contribution in [0.2, 0.25) is 0 Å². The number of aromatic nitrogens is 1. The highest BCUT2D eigenvalue weighted by molar-refractivity contribution is 5.79. The summed E-state index contributed by atoms with van der Waals surface area (Å²) in [4.78, 5) is 7.10. The van der Waals surface area contributed by atoms with Gasteiger partial charge in [0.1, 0.15) is 5.82 Å². The summed E-state index contributed by atoms with van der Waals surface area (Å²) >= 11 is 0. The first-order valence-electron chi connectivity index (χ1n) is 7.13. The summed E-state index contributed by atoms with van der Waals surface area (Å²) in [5, 5.41) is 4.64. The summed E-state index contributed by atoms with van der Waals surface area (Å²) in [5.41, 5.74) is 1.06. The van der Waals surface area contributed by atoms with Crippen molar-refractivity contribution >= 4 is 16.7 Å². The van der Waals surface area contributed by atoms with Gasteiger partial charge in [0.2, 0.25) is 0 Å². The molecule has 1 saturated heterocycles. The lowest BCUT2D eigenvalue weighted by Gasteiger charge is -2.19. The van der Waals surface area contributed by atoms with Gasteiger partial charge in [-0.3, -0.25) is 0 Å². The van der Waals surface area contributed by atoms with E-state index < -0.39 is 0 Å². The van der Waals surface area contributed by atoms with Crippen LogP contribution in [0, 0.1) is 0 Å². The summed E-state index contributed by atoms with van der Waals surface area (Å²) < 4.78 is 0. The lowest BCUT2D eigenvalue weighted by Crippen LogP contribution is -2.27. The van der Waals surface area contributed by atoms with Gasteiger partial charge in [0, 0.05) is 18.0 Å². The largest absolute Gasteiger partial charge is 0.370 e. The molecule has 1 N–H and O–H groups in total. The molecule has 0 spiro atoms. The van der Waals surface area contributed by atoms with Crippen molar-refractivity contribution in [1.29, 1.82) is 0 Å². The number of nitrogens with zero attached hydrogens (tertiary/aromatic N) is 2. The Bertz CT molecular complexity index is 552. The average molecular weight is 255 g/mol. The summed E-state index contributed by atoms with van der Waals surface area (Å²) in [6.07, 6.45) is 3.88. The van der Waals surface area contributed by atoms with Gasteiger partial charge in [-0.05, 0) is 51.1 Å².